The summed E-state index contributed by atoms with van der Waals surface area (Å²) in [5, 5.41) is 0.149. The molecule has 3 heterocycles. The minimum atomic E-state index is -1.59. The number of amides is 1. The second-order valence-electron chi connectivity index (χ2n) is 9.11. The molecule has 1 atom stereocenters. The Hall–Kier alpha value is -3.52. The number of fused-ring (bicyclic) bond motifs is 1. The second-order valence-corrected chi connectivity index (χ2v) is 9.55. The highest BCUT2D eigenvalue weighted by Gasteiger charge is 2.50. The maximum absolute atomic E-state index is 14.9. The lowest BCUT2D eigenvalue weighted by Gasteiger charge is -2.28. The Bertz CT molecular complexity index is 1390. The summed E-state index contributed by atoms with van der Waals surface area (Å²) in [7, 11) is 1.52. The molecule has 9 heteroatoms. The van der Waals surface area contributed by atoms with Gasteiger partial charge in [-0.1, -0.05) is 37.6 Å². The molecule has 0 aliphatic carbocycles. The number of aromatic nitrogens is 1. The zero-order chi connectivity index (χ0) is 24.4. The van der Waals surface area contributed by atoms with E-state index in [4.69, 9.17) is 22.1 Å². The molecule has 2 aliphatic heterocycles. The molecule has 0 saturated heterocycles. The number of carbonyl (C=O) groups excluding carboxylic acids is 1. The highest BCUT2D eigenvalue weighted by molar-refractivity contribution is 6.30. The summed E-state index contributed by atoms with van der Waals surface area (Å²) >= 11 is 5.99. The largest absolute Gasteiger partial charge is 0.492 e. The van der Waals surface area contributed by atoms with Crippen LogP contribution in [0.5, 0.6) is 5.75 Å². The molecular weight excluding hydrogens is 462 g/mol. The summed E-state index contributed by atoms with van der Waals surface area (Å²) in [4.78, 5) is 23.1. The van der Waals surface area contributed by atoms with Gasteiger partial charge in [0, 0.05) is 35.3 Å². The van der Waals surface area contributed by atoms with Gasteiger partial charge < -0.3 is 10.5 Å². The van der Waals surface area contributed by atoms with Crippen molar-refractivity contribution in [2.45, 2.75) is 24.8 Å². The first-order valence-corrected chi connectivity index (χ1v) is 10.9. The molecule has 0 radical (unpaired) electrons. The van der Waals surface area contributed by atoms with E-state index in [1.165, 1.54) is 36.2 Å². The van der Waals surface area contributed by atoms with E-state index in [9.17, 15) is 13.6 Å². The van der Waals surface area contributed by atoms with E-state index in [2.05, 4.69) is 9.98 Å². The number of carbonyl (C=O) groups is 1. The molecular formula is C25H21ClF2N4O2. The molecule has 2 N–H and O–H groups in total. The third-order valence-electron chi connectivity index (χ3n) is 6.44. The third kappa shape index (κ3) is 3.16. The third-order valence-corrected chi connectivity index (χ3v) is 6.64. The van der Waals surface area contributed by atoms with E-state index in [1.807, 2.05) is 19.9 Å². The Balaban J connectivity index is 1.77. The summed E-state index contributed by atoms with van der Waals surface area (Å²) in [6.07, 6.45) is 1.14. The quantitative estimate of drug-likeness (QED) is 0.562. The average molecular weight is 483 g/mol. The van der Waals surface area contributed by atoms with Gasteiger partial charge in [-0.25, -0.2) is 14.4 Å². The van der Waals surface area contributed by atoms with Crippen LogP contribution in [-0.2, 0) is 15.7 Å². The van der Waals surface area contributed by atoms with Gasteiger partial charge in [-0.2, -0.15) is 4.39 Å². The van der Waals surface area contributed by atoms with Crippen molar-refractivity contribution in [1.82, 2.24) is 9.88 Å². The van der Waals surface area contributed by atoms with E-state index in [0.717, 1.165) is 17.5 Å². The van der Waals surface area contributed by atoms with Gasteiger partial charge >= 0.3 is 0 Å². The summed E-state index contributed by atoms with van der Waals surface area (Å²) in [5.74, 6) is -1.25. The molecule has 1 unspecified atom stereocenters. The SMILES string of the molecule is CN1C(=O)C(c2ccc(F)c(-c3cc(Cl)cnc3F)c2)(c2ccc3c(c2)C(C)(C)CO3)N=C1N. The Morgan fingerprint density at radius 3 is 2.50 bits per heavy atom. The number of hydrogen-bond acceptors (Lipinski definition) is 5. The summed E-state index contributed by atoms with van der Waals surface area (Å²) in [6, 6.07) is 10.7. The lowest BCUT2D eigenvalue weighted by atomic mass is 9.78. The maximum Gasteiger partial charge on any atom is 0.266 e. The maximum atomic E-state index is 14.9. The molecule has 34 heavy (non-hydrogen) atoms. The van der Waals surface area contributed by atoms with E-state index < -0.39 is 23.2 Å². The van der Waals surface area contributed by atoms with Crippen LogP contribution < -0.4 is 10.5 Å². The van der Waals surface area contributed by atoms with Gasteiger partial charge in [0.05, 0.1) is 11.6 Å². The van der Waals surface area contributed by atoms with Crippen LogP contribution in [-0.4, -0.2) is 35.4 Å². The minimum Gasteiger partial charge on any atom is -0.492 e. The Kier molecular flexibility index (Phi) is 4.91. The molecule has 1 amide bonds. The number of nitrogens with zero attached hydrogens (tertiary/aromatic N) is 3. The van der Waals surface area contributed by atoms with Gasteiger partial charge in [0.15, 0.2) is 11.5 Å². The minimum absolute atomic E-state index is 0.0162. The van der Waals surface area contributed by atoms with Crippen LogP contribution in [0.2, 0.25) is 5.02 Å². The summed E-state index contributed by atoms with van der Waals surface area (Å²) in [6.45, 7) is 4.58. The van der Waals surface area contributed by atoms with Crippen LogP contribution in [0.25, 0.3) is 11.1 Å². The van der Waals surface area contributed by atoms with E-state index in [-0.39, 0.29) is 27.5 Å². The lowest BCUT2D eigenvalue weighted by molar-refractivity contribution is -0.129. The fourth-order valence-corrected chi connectivity index (χ4v) is 4.66. The van der Waals surface area contributed by atoms with Crippen molar-refractivity contribution in [3.05, 3.63) is 82.1 Å². The van der Waals surface area contributed by atoms with Gasteiger partial charge in [0.25, 0.3) is 5.91 Å². The fraction of sp³-hybridized carbons (Fsp3) is 0.240. The highest BCUT2D eigenvalue weighted by atomic mass is 35.5. The van der Waals surface area contributed by atoms with Gasteiger partial charge in [-0.05, 0) is 41.5 Å². The van der Waals surface area contributed by atoms with Crippen LogP contribution in [0.15, 0.2) is 53.7 Å². The monoisotopic (exact) mass is 482 g/mol. The Morgan fingerprint density at radius 1 is 1.09 bits per heavy atom. The summed E-state index contributed by atoms with van der Waals surface area (Å²) in [5.41, 5.74) is 5.80. The number of aliphatic imine (C=N–C) groups is 1. The fourth-order valence-electron chi connectivity index (χ4n) is 4.50. The molecule has 2 aliphatic rings. The number of pyridine rings is 1. The van der Waals surface area contributed by atoms with Crippen molar-refractivity contribution < 1.29 is 18.3 Å². The number of benzene rings is 2. The van der Waals surface area contributed by atoms with Crippen molar-refractivity contribution in [1.29, 1.82) is 0 Å². The Labute approximate surface area is 200 Å². The smallest absolute Gasteiger partial charge is 0.266 e. The van der Waals surface area contributed by atoms with E-state index in [0.29, 0.717) is 17.7 Å². The Morgan fingerprint density at radius 2 is 1.79 bits per heavy atom. The van der Waals surface area contributed by atoms with E-state index in [1.54, 1.807) is 12.1 Å². The van der Waals surface area contributed by atoms with Crippen LogP contribution in [0, 0.1) is 11.8 Å². The highest BCUT2D eigenvalue weighted by Crippen LogP contribution is 2.46. The predicted molar refractivity (Wildman–Crippen MR) is 125 cm³/mol. The van der Waals surface area contributed by atoms with Crippen LogP contribution >= 0.6 is 11.6 Å². The first-order valence-electron chi connectivity index (χ1n) is 10.6. The second kappa shape index (κ2) is 7.50. The van der Waals surface area contributed by atoms with Crippen molar-refractivity contribution in [2.75, 3.05) is 13.7 Å². The lowest BCUT2D eigenvalue weighted by Crippen LogP contribution is -2.41. The van der Waals surface area contributed by atoms with Crippen molar-refractivity contribution >= 4 is 23.5 Å². The van der Waals surface area contributed by atoms with Crippen LogP contribution in [0.3, 0.4) is 0 Å². The van der Waals surface area contributed by atoms with Crippen LogP contribution in [0.1, 0.15) is 30.5 Å². The molecule has 0 bridgehead atoms. The first kappa shape index (κ1) is 22.3. The topological polar surface area (TPSA) is 80.8 Å². The first-order chi connectivity index (χ1) is 16.0. The number of nitrogens with two attached hydrogens (primary N) is 1. The molecule has 0 fully saturated rings. The van der Waals surface area contributed by atoms with Gasteiger partial charge in [0.2, 0.25) is 5.95 Å². The number of ether oxygens (including phenoxy) is 1. The van der Waals surface area contributed by atoms with Gasteiger partial charge in [-0.15, -0.1) is 0 Å². The molecule has 1 aromatic heterocycles. The molecule has 2 aromatic carbocycles. The number of halogens is 3. The molecule has 6 nitrogen and oxygen atoms in total. The van der Waals surface area contributed by atoms with Crippen LogP contribution in [0.4, 0.5) is 8.78 Å². The normalized spacial score (nSPS) is 20.8. The standard InChI is InChI=1S/C25H21ClF2N4O2/c1-24(2)12-34-20-7-5-14(9-18(20)24)25(22(33)32(3)23(29)31-25)13-4-6-19(27)16(8-13)17-10-15(26)11-30-21(17)28/h4-11H,12H2,1-3H3,(H2,29,31). The van der Waals surface area contributed by atoms with Crippen molar-refractivity contribution in [2.24, 2.45) is 10.7 Å². The zero-order valence-corrected chi connectivity index (χ0v) is 19.5. The van der Waals surface area contributed by atoms with Gasteiger partial charge in [0.1, 0.15) is 11.6 Å². The number of guanidine groups is 1. The molecule has 174 valence electrons. The predicted octanol–water partition coefficient (Wildman–Crippen LogP) is 4.38. The van der Waals surface area contributed by atoms with Crippen molar-refractivity contribution in [3.63, 3.8) is 0 Å². The number of likely N-dealkylation sites (N-methyl/N-ethyl adjacent to an activating group) is 1. The molecule has 0 spiro atoms. The molecule has 5 rings (SSSR count). The van der Waals surface area contributed by atoms with Gasteiger partial charge in [-0.3, -0.25) is 9.69 Å². The zero-order valence-electron chi connectivity index (χ0n) is 18.7. The van der Waals surface area contributed by atoms with Crippen molar-refractivity contribution in [3.8, 4) is 16.9 Å². The molecule has 3 aromatic rings. The summed E-state index contributed by atoms with van der Waals surface area (Å²) < 4.78 is 35.2. The average Bonchev–Trinajstić information content (AvgIpc) is 3.24. The molecule has 0 saturated carbocycles. The number of rotatable bonds is 3. The van der Waals surface area contributed by atoms with E-state index >= 15 is 0 Å². The number of hydrogen-bond donors (Lipinski definition) is 1.